The minimum atomic E-state index is 0.712. The zero-order valence-corrected chi connectivity index (χ0v) is 32.2. The molecule has 3 heteroatoms. The van der Waals surface area contributed by atoms with Crippen molar-refractivity contribution in [3.63, 3.8) is 0 Å². The van der Waals surface area contributed by atoms with E-state index < -0.39 is 0 Å². The number of hydrogen-bond donors (Lipinski definition) is 0. The molecule has 0 radical (unpaired) electrons. The van der Waals surface area contributed by atoms with E-state index in [2.05, 4.69) is 205 Å². The molecule has 0 aliphatic heterocycles. The van der Waals surface area contributed by atoms with Crippen LogP contribution in [0.5, 0.6) is 0 Å². The zero-order chi connectivity index (χ0) is 39.1. The van der Waals surface area contributed by atoms with Crippen LogP contribution in [0.1, 0.15) is 0 Å². The highest BCUT2D eigenvalue weighted by Crippen LogP contribution is 2.40. The first-order chi connectivity index (χ1) is 29.2. The van der Waals surface area contributed by atoms with Crippen LogP contribution in [0.3, 0.4) is 0 Å². The Morgan fingerprint density at radius 3 is 1.56 bits per heavy atom. The molecule has 2 heterocycles. The van der Waals surface area contributed by atoms with Crippen molar-refractivity contribution in [3.8, 4) is 73.0 Å². The molecule has 276 valence electrons. The van der Waals surface area contributed by atoms with Crippen molar-refractivity contribution in [3.05, 3.63) is 224 Å². The molecule has 11 aromatic rings. The minimum Gasteiger partial charge on any atom is -0.309 e. The molecule has 3 nitrogen and oxygen atoms in total. The van der Waals surface area contributed by atoms with E-state index in [0.29, 0.717) is 5.82 Å². The van der Waals surface area contributed by atoms with Crippen LogP contribution in [0.25, 0.3) is 106 Å². The highest BCUT2D eigenvalue weighted by Gasteiger charge is 2.17. The standard InChI is InChI=1S/C56H37N3/c1-4-16-38(17-5-1)42-23-15-25-45(35-42)59-54-29-13-12-28-50(54)51-36-43(30-33-55(51)59)41-22-14-24-44(34-41)46-31-32-49(48-27-11-10-26-47(46)48)53-37-52(39-18-6-2-7-19-39)57-56(58-53)40-20-8-3-9-21-40/h1-37H. The number of aromatic nitrogens is 3. The summed E-state index contributed by atoms with van der Waals surface area (Å²) < 4.78 is 2.40. The second kappa shape index (κ2) is 14.6. The number of para-hydroxylation sites is 1. The van der Waals surface area contributed by atoms with Gasteiger partial charge in [0.15, 0.2) is 5.82 Å². The third kappa shape index (κ3) is 6.26. The van der Waals surface area contributed by atoms with Gasteiger partial charge in [-0.05, 0) is 86.6 Å². The number of nitrogens with zero attached hydrogens (tertiary/aromatic N) is 3. The van der Waals surface area contributed by atoms with Gasteiger partial charge in [-0.3, -0.25) is 0 Å². The minimum absolute atomic E-state index is 0.712. The third-order valence-electron chi connectivity index (χ3n) is 11.4. The van der Waals surface area contributed by atoms with Crippen LogP contribution in [-0.4, -0.2) is 14.5 Å². The molecule has 0 aliphatic rings. The Morgan fingerprint density at radius 1 is 0.271 bits per heavy atom. The molecule has 0 saturated heterocycles. The largest absolute Gasteiger partial charge is 0.309 e. The summed E-state index contributed by atoms with van der Waals surface area (Å²) in [6.45, 7) is 0. The average molecular weight is 752 g/mol. The van der Waals surface area contributed by atoms with Crippen LogP contribution in [0.2, 0.25) is 0 Å². The molecule has 0 N–H and O–H groups in total. The normalized spacial score (nSPS) is 11.4. The topological polar surface area (TPSA) is 30.7 Å². The molecule has 0 saturated carbocycles. The van der Waals surface area contributed by atoms with Gasteiger partial charge in [0.25, 0.3) is 0 Å². The van der Waals surface area contributed by atoms with Crippen molar-refractivity contribution in [1.82, 2.24) is 14.5 Å². The van der Waals surface area contributed by atoms with Crippen LogP contribution in [-0.2, 0) is 0 Å². The van der Waals surface area contributed by atoms with Crippen molar-refractivity contribution in [1.29, 1.82) is 0 Å². The van der Waals surface area contributed by atoms with Gasteiger partial charge in [-0.1, -0.05) is 182 Å². The monoisotopic (exact) mass is 751 g/mol. The number of benzene rings is 9. The lowest BCUT2D eigenvalue weighted by Gasteiger charge is -2.14. The second-order valence-corrected chi connectivity index (χ2v) is 15.0. The molecule has 0 bridgehead atoms. The first-order valence-corrected chi connectivity index (χ1v) is 20.1. The van der Waals surface area contributed by atoms with E-state index in [9.17, 15) is 0 Å². The Hall–Kier alpha value is -7.88. The smallest absolute Gasteiger partial charge is 0.160 e. The predicted octanol–water partition coefficient (Wildman–Crippen LogP) is 14.7. The maximum Gasteiger partial charge on any atom is 0.160 e. The van der Waals surface area contributed by atoms with E-state index >= 15 is 0 Å². The highest BCUT2D eigenvalue weighted by atomic mass is 15.0. The second-order valence-electron chi connectivity index (χ2n) is 15.0. The van der Waals surface area contributed by atoms with Gasteiger partial charge in [0.2, 0.25) is 0 Å². The molecule has 59 heavy (non-hydrogen) atoms. The summed E-state index contributed by atoms with van der Waals surface area (Å²) in [5.74, 6) is 0.712. The molecule has 0 spiro atoms. The summed E-state index contributed by atoms with van der Waals surface area (Å²) in [5.41, 5.74) is 15.6. The molecule has 11 rings (SSSR count). The lowest BCUT2D eigenvalue weighted by atomic mass is 9.92. The summed E-state index contributed by atoms with van der Waals surface area (Å²) in [6, 6.07) is 80.0. The molecule has 0 unspecified atom stereocenters. The van der Waals surface area contributed by atoms with Gasteiger partial charge < -0.3 is 4.57 Å². The van der Waals surface area contributed by atoms with Gasteiger partial charge in [-0.25, -0.2) is 9.97 Å². The molecule has 9 aromatic carbocycles. The number of fused-ring (bicyclic) bond motifs is 4. The van der Waals surface area contributed by atoms with Crippen LogP contribution < -0.4 is 0 Å². The molecule has 0 aliphatic carbocycles. The predicted molar refractivity (Wildman–Crippen MR) is 246 cm³/mol. The maximum absolute atomic E-state index is 5.18. The molecule has 0 amide bonds. The molecule has 0 fully saturated rings. The van der Waals surface area contributed by atoms with Crippen LogP contribution in [0.15, 0.2) is 224 Å². The number of hydrogen-bond acceptors (Lipinski definition) is 2. The fraction of sp³-hybridized carbons (Fsp3) is 0. The Kier molecular flexibility index (Phi) is 8.49. The Labute approximate surface area is 343 Å². The zero-order valence-electron chi connectivity index (χ0n) is 32.2. The Morgan fingerprint density at radius 2 is 0.797 bits per heavy atom. The summed E-state index contributed by atoms with van der Waals surface area (Å²) >= 11 is 0. The Bertz CT molecular complexity index is 3250. The van der Waals surface area contributed by atoms with Gasteiger partial charge in [-0.2, -0.15) is 0 Å². The molecule has 2 aromatic heterocycles. The number of rotatable bonds is 7. The van der Waals surface area contributed by atoms with Crippen molar-refractivity contribution in [2.75, 3.05) is 0 Å². The van der Waals surface area contributed by atoms with Crippen LogP contribution in [0.4, 0.5) is 0 Å². The summed E-state index contributed by atoms with van der Waals surface area (Å²) in [4.78, 5) is 10.2. The first-order valence-electron chi connectivity index (χ1n) is 20.1. The lowest BCUT2D eigenvalue weighted by Crippen LogP contribution is -1.96. The lowest BCUT2D eigenvalue weighted by molar-refractivity contribution is 1.18. The highest BCUT2D eigenvalue weighted by molar-refractivity contribution is 6.11. The average Bonchev–Trinajstić information content (AvgIpc) is 3.66. The van der Waals surface area contributed by atoms with E-state index in [-0.39, 0.29) is 0 Å². The third-order valence-corrected chi connectivity index (χ3v) is 11.4. The van der Waals surface area contributed by atoms with E-state index in [1.54, 1.807) is 0 Å². The van der Waals surface area contributed by atoms with Crippen LogP contribution >= 0.6 is 0 Å². The van der Waals surface area contributed by atoms with Crippen molar-refractivity contribution in [2.45, 2.75) is 0 Å². The quantitative estimate of drug-likeness (QED) is 0.162. The Balaban J connectivity index is 1.01. The van der Waals surface area contributed by atoms with Crippen molar-refractivity contribution < 1.29 is 0 Å². The molecular formula is C56H37N3. The summed E-state index contributed by atoms with van der Waals surface area (Å²) in [5, 5.41) is 4.80. The van der Waals surface area contributed by atoms with E-state index in [0.717, 1.165) is 39.2 Å². The summed E-state index contributed by atoms with van der Waals surface area (Å²) in [7, 11) is 0. The van der Waals surface area contributed by atoms with Gasteiger partial charge in [0.05, 0.1) is 22.4 Å². The van der Waals surface area contributed by atoms with Gasteiger partial charge in [-0.15, -0.1) is 0 Å². The van der Waals surface area contributed by atoms with Crippen molar-refractivity contribution in [2.24, 2.45) is 0 Å². The maximum atomic E-state index is 5.18. The van der Waals surface area contributed by atoms with Gasteiger partial charge in [0.1, 0.15) is 0 Å². The van der Waals surface area contributed by atoms with Gasteiger partial charge in [0, 0.05) is 33.2 Å². The van der Waals surface area contributed by atoms with E-state index in [1.807, 2.05) is 24.3 Å². The van der Waals surface area contributed by atoms with E-state index in [1.165, 1.54) is 60.6 Å². The molecular weight excluding hydrogens is 715 g/mol. The SMILES string of the molecule is c1ccc(-c2cccc(-n3c4ccccc4c4cc(-c5cccc(-c6ccc(-c7cc(-c8ccccc8)nc(-c8ccccc8)n7)c7ccccc67)c5)ccc43)c2)cc1. The fourth-order valence-corrected chi connectivity index (χ4v) is 8.58. The van der Waals surface area contributed by atoms with Gasteiger partial charge >= 0.3 is 0 Å². The summed E-state index contributed by atoms with van der Waals surface area (Å²) in [6.07, 6.45) is 0. The first kappa shape index (κ1) is 34.4. The molecule has 0 atom stereocenters. The van der Waals surface area contributed by atoms with Crippen molar-refractivity contribution >= 4 is 32.6 Å². The van der Waals surface area contributed by atoms with Crippen LogP contribution in [0, 0.1) is 0 Å². The van der Waals surface area contributed by atoms with E-state index in [4.69, 9.17) is 9.97 Å². The fourth-order valence-electron chi connectivity index (χ4n) is 8.58.